The van der Waals surface area contributed by atoms with Gasteiger partial charge in [-0.1, -0.05) is 27.6 Å². The van der Waals surface area contributed by atoms with Crippen LogP contribution in [0.3, 0.4) is 0 Å². The van der Waals surface area contributed by atoms with Crippen LogP contribution in [-0.4, -0.2) is 24.1 Å². The smallest absolute Gasteiger partial charge is 0.310 e. The van der Waals surface area contributed by atoms with E-state index in [1.165, 1.54) is 16.9 Å². The number of nitrogens with zero attached hydrogens (tertiary/aromatic N) is 1. The predicted molar refractivity (Wildman–Crippen MR) is 139 cm³/mol. The molecule has 0 saturated carbocycles. The molecule has 2 aromatic heterocycles. The maximum Gasteiger partial charge on any atom is 0.310 e. The van der Waals surface area contributed by atoms with E-state index in [2.05, 4.69) is 35.9 Å². The van der Waals surface area contributed by atoms with Gasteiger partial charge in [-0.15, -0.1) is 23.1 Å². The van der Waals surface area contributed by atoms with Crippen molar-refractivity contribution in [2.24, 2.45) is 0 Å². The maximum absolute atomic E-state index is 13.6. The Morgan fingerprint density at radius 3 is 2.35 bits per heavy atom. The lowest BCUT2D eigenvalue weighted by atomic mass is 10.0. The number of allylic oxidation sites excluding steroid dienone is 1. The third-order valence-electron chi connectivity index (χ3n) is 4.85. The molecule has 0 unspecified atom stereocenters. The van der Waals surface area contributed by atoms with Gasteiger partial charge in [-0.3, -0.25) is 9.59 Å². The molecule has 1 aromatic carbocycles. The van der Waals surface area contributed by atoms with Crippen LogP contribution in [0, 0.1) is 6.92 Å². The van der Waals surface area contributed by atoms with Crippen molar-refractivity contribution in [2.75, 3.05) is 12.4 Å². The van der Waals surface area contributed by atoms with E-state index in [1.807, 2.05) is 48.1 Å². The van der Waals surface area contributed by atoms with Crippen LogP contribution in [0.15, 0.2) is 69.1 Å². The van der Waals surface area contributed by atoms with Gasteiger partial charge in [0.15, 0.2) is 12.4 Å². The summed E-state index contributed by atoms with van der Waals surface area (Å²) in [6.45, 7) is 8.26. The normalized spacial score (nSPS) is 10.4. The van der Waals surface area contributed by atoms with Gasteiger partial charge in [-0.25, -0.2) is 0 Å². The molecule has 0 aliphatic rings. The molecule has 180 valence electrons. The molecule has 0 bridgehead atoms. The van der Waals surface area contributed by atoms with Crippen molar-refractivity contribution >= 4 is 50.8 Å². The lowest BCUT2D eigenvalue weighted by molar-refractivity contribution is -0.598. The number of rotatable bonds is 9. The number of carbonyl (C=O) groups excluding carboxylic acids is 2. The number of aryl methyl sites for hydroxylation is 1. The van der Waals surface area contributed by atoms with Gasteiger partial charge < -0.3 is 28.7 Å². The van der Waals surface area contributed by atoms with Crippen molar-refractivity contribution in [3.8, 4) is 5.69 Å². The molecule has 0 N–H and O–H groups in total. The van der Waals surface area contributed by atoms with E-state index in [1.54, 1.807) is 30.8 Å². The summed E-state index contributed by atoms with van der Waals surface area (Å²) in [7, 11) is 0. The molecule has 4 nitrogen and oxygen atoms in total. The fourth-order valence-electron chi connectivity index (χ4n) is 3.16. The molecule has 0 fully saturated rings. The van der Waals surface area contributed by atoms with Gasteiger partial charge in [0, 0.05) is 27.9 Å². The number of esters is 1. The lowest BCUT2D eigenvalue weighted by Crippen LogP contribution is -3.00. The number of carbonyl (C=O) groups is 2. The average Bonchev–Trinajstić information content (AvgIpc) is 3.12. The molecule has 0 atom stereocenters. The number of hydrogen-bond donors (Lipinski definition) is 0. The molecular weight excluding hydrogens is 645 g/mol. The Labute approximate surface area is 235 Å². The number of benzene rings is 1. The zero-order chi connectivity index (χ0) is 24.0. The van der Waals surface area contributed by atoms with Crippen LogP contribution in [0.25, 0.3) is 5.69 Å². The number of aromatic nitrogens is 1. The number of pyridine rings is 1. The summed E-state index contributed by atoms with van der Waals surface area (Å²) in [4.78, 5) is 26.7. The highest BCUT2D eigenvalue weighted by Crippen LogP contribution is 2.38. The summed E-state index contributed by atoms with van der Waals surface area (Å²) in [6, 6.07) is 11.3. The standard InChI is InChI=1S/C26H27BrNO3S2.HI/c1-5-31-22(29)16-21-23(28-13-10-18(4)11-14-28)26(32-15-12-17(2)3)33-25(21)24(30)19-6-8-20(27)9-7-19;/h6-14H,5,15-16H2,1-4H3;1H/q+1;/p-1. The van der Waals surface area contributed by atoms with Crippen LogP contribution in [0.4, 0.5) is 0 Å². The zero-order valence-electron chi connectivity index (χ0n) is 19.6. The minimum atomic E-state index is -0.338. The summed E-state index contributed by atoms with van der Waals surface area (Å²) < 4.78 is 9.17. The Kier molecular flexibility index (Phi) is 11.5. The highest BCUT2D eigenvalue weighted by molar-refractivity contribution is 9.10. The number of ketones is 1. The summed E-state index contributed by atoms with van der Waals surface area (Å²) >= 11 is 6.55. The number of ether oxygens (including phenoxy) is 1. The molecule has 8 heteroatoms. The molecule has 3 aromatic rings. The second-order valence-electron chi connectivity index (χ2n) is 7.74. The van der Waals surface area contributed by atoms with Crippen molar-refractivity contribution in [1.29, 1.82) is 0 Å². The number of thiophene rings is 1. The lowest BCUT2D eigenvalue weighted by Gasteiger charge is -2.06. The Hall–Kier alpha value is -1.49. The topological polar surface area (TPSA) is 47.3 Å². The van der Waals surface area contributed by atoms with E-state index >= 15 is 0 Å². The molecule has 0 amide bonds. The van der Waals surface area contributed by atoms with Crippen molar-refractivity contribution in [3.05, 3.63) is 86.5 Å². The number of hydrogen-bond acceptors (Lipinski definition) is 5. The van der Waals surface area contributed by atoms with Gasteiger partial charge in [0.25, 0.3) is 0 Å². The van der Waals surface area contributed by atoms with Crippen LogP contribution in [0.2, 0.25) is 0 Å². The van der Waals surface area contributed by atoms with E-state index < -0.39 is 0 Å². The Bertz CT molecular complexity index is 1170. The van der Waals surface area contributed by atoms with E-state index in [-0.39, 0.29) is 42.2 Å². The van der Waals surface area contributed by atoms with Crippen LogP contribution in [0.5, 0.6) is 0 Å². The van der Waals surface area contributed by atoms with E-state index in [9.17, 15) is 9.59 Å². The highest BCUT2D eigenvalue weighted by atomic mass is 127. The van der Waals surface area contributed by atoms with Gasteiger partial charge >= 0.3 is 5.97 Å². The second-order valence-corrected chi connectivity index (χ2v) is 11.0. The monoisotopic (exact) mass is 671 g/mol. The molecule has 34 heavy (non-hydrogen) atoms. The minimum Gasteiger partial charge on any atom is -1.00 e. The summed E-state index contributed by atoms with van der Waals surface area (Å²) in [5.74, 6) is 0.359. The van der Waals surface area contributed by atoms with Crippen molar-refractivity contribution < 1.29 is 42.9 Å². The van der Waals surface area contributed by atoms with Crippen molar-refractivity contribution in [2.45, 2.75) is 38.3 Å². The van der Waals surface area contributed by atoms with Gasteiger partial charge in [0.2, 0.25) is 11.5 Å². The summed E-state index contributed by atoms with van der Waals surface area (Å²) in [5.41, 5.74) is 4.55. The van der Waals surface area contributed by atoms with Gasteiger partial charge in [-0.2, -0.15) is 4.57 Å². The van der Waals surface area contributed by atoms with Crippen LogP contribution in [0.1, 0.15) is 47.1 Å². The number of halogens is 2. The fourth-order valence-corrected chi connectivity index (χ4v) is 6.06. The molecule has 0 radical (unpaired) electrons. The van der Waals surface area contributed by atoms with E-state index in [0.29, 0.717) is 22.6 Å². The quantitative estimate of drug-likeness (QED) is 0.0873. The SMILES string of the molecule is CCOC(=O)Cc1c(C(=O)c2ccc(Br)cc2)sc(SCC=C(C)C)c1-[n+]1ccc(C)cc1.[I-]. The third kappa shape index (κ3) is 7.50. The maximum atomic E-state index is 13.6. The molecule has 0 aliphatic heterocycles. The van der Waals surface area contributed by atoms with Gasteiger partial charge in [0.1, 0.15) is 4.21 Å². The largest absolute Gasteiger partial charge is 1.00 e. The molecule has 2 heterocycles. The first kappa shape index (κ1) is 28.7. The Morgan fingerprint density at radius 1 is 1.12 bits per heavy atom. The highest BCUT2D eigenvalue weighted by Gasteiger charge is 2.31. The second kappa shape index (κ2) is 13.6. The van der Waals surface area contributed by atoms with Gasteiger partial charge in [0.05, 0.1) is 23.5 Å². The minimum absolute atomic E-state index is 0. The average molecular weight is 672 g/mol. The Balaban J connectivity index is 0.00000408. The molecule has 0 spiro atoms. The summed E-state index contributed by atoms with van der Waals surface area (Å²) in [6.07, 6.45) is 6.16. The van der Waals surface area contributed by atoms with Crippen LogP contribution < -0.4 is 28.5 Å². The zero-order valence-corrected chi connectivity index (χ0v) is 24.9. The van der Waals surface area contributed by atoms with E-state index in [4.69, 9.17) is 4.74 Å². The van der Waals surface area contributed by atoms with Gasteiger partial charge in [-0.05, 0) is 57.5 Å². The van der Waals surface area contributed by atoms with Crippen molar-refractivity contribution in [1.82, 2.24) is 0 Å². The number of thioether (sulfide) groups is 1. The Morgan fingerprint density at radius 2 is 1.76 bits per heavy atom. The fraction of sp³-hybridized carbons (Fsp3) is 0.269. The predicted octanol–water partition coefficient (Wildman–Crippen LogP) is 3.49. The van der Waals surface area contributed by atoms with E-state index in [0.717, 1.165) is 25.7 Å². The molecule has 3 rings (SSSR count). The first-order valence-corrected chi connectivity index (χ1v) is 13.3. The first-order chi connectivity index (χ1) is 15.8. The van der Waals surface area contributed by atoms with Crippen LogP contribution in [-0.2, 0) is 16.0 Å². The molecular formula is C26H27BrINO3S2. The van der Waals surface area contributed by atoms with Crippen LogP contribution >= 0.6 is 39.0 Å². The first-order valence-electron chi connectivity index (χ1n) is 10.7. The molecule has 0 aliphatic carbocycles. The summed E-state index contributed by atoms with van der Waals surface area (Å²) in [5, 5.41) is 0. The molecule has 0 saturated heterocycles. The van der Waals surface area contributed by atoms with Crippen molar-refractivity contribution in [3.63, 3.8) is 0 Å². The third-order valence-corrected chi connectivity index (χ3v) is 7.78.